The second-order valence-electron chi connectivity index (χ2n) is 6.14. The third-order valence-electron chi connectivity index (χ3n) is 4.19. The zero-order valence-electron chi connectivity index (χ0n) is 15.6. The van der Waals surface area contributed by atoms with Crippen LogP contribution < -0.4 is 10.6 Å². The molecular formula is C21H19ClN2O5. The summed E-state index contributed by atoms with van der Waals surface area (Å²) in [4.78, 5) is 37.1. The van der Waals surface area contributed by atoms with E-state index in [2.05, 4.69) is 10.6 Å². The summed E-state index contributed by atoms with van der Waals surface area (Å²) in [5.74, 6) is -1.24. The molecule has 0 aliphatic carbocycles. The molecule has 0 fully saturated rings. The number of ether oxygens (including phenoxy) is 2. The summed E-state index contributed by atoms with van der Waals surface area (Å²) in [6.45, 7) is 1.54. The van der Waals surface area contributed by atoms with Gasteiger partial charge in [0.25, 0.3) is 0 Å². The van der Waals surface area contributed by atoms with E-state index in [1.165, 1.54) is 6.07 Å². The van der Waals surface area contributed by atoms with Gasteiger partial charge in [0.15, 0.2) is 0 Å². The molecule has 150 valence electrons. The first-order valence-electron chi connectivity index (χ1n) is 8.95. The third kappa shape index (κ3) is 4.94. The van der Waals surface area contributed by atoms with Crippen molar-refractivity contribution >= 4 is 29.6 Å². The minimum Gasteiger partial charge on any atom is -0.463 e. The van der Waals surface area contributed by atoms with Gasteiger partial charge < -0.3 is 20.1 Å². The predicted octanol–water partition coefficient (Wildman–Crippen LogP) is 3.37. The van der Waals surface area contributed by atoms with Gasteiger partial charge in [-0.3, -0.25) is 0 Å². The van der Waals surface area contributed by atoms with Crippen molar-refractivity contribution in [3.8, 4) is 0 Å². The fourth-order valence-electron chi connectivity index (χ4n) is 2.91. The van der Waals surface area contributed by atoms with E-state index in [0.29, 0.717) is 10.6 Å². The zero-order valence-corrected chi connectivity index (χ0v) is 16.4. The predicted molar refractivity (Wildman–Crippen MR) is 106 cm³/mol. The quantitative estimate of drug-likeness (QED) is 0.707. The van der Waals surface area contributed by atoms with Gasteiger partial charge in [0.2, 0.25) is 0 Å². The summed E-state index contributed by atoms with van der Waals surface area (Å²) in [5.41, 5.74) is 1.30. The molecule has 0 aromatic heterocycles. The van der Waals surface area contributed by atoms with E-state index in [4.69, 9.17) is 21.1 Å². The van der Waals surface area contributed by atoms with Crippen molar-refractivity contribution < 1.29 is 23.9 Å². The largest absolute Gasteiger partial charge is 0.463 e. The van der Waals surface area contributed by atoms with Gasteiger partial charge in [0.05, 0.1) is 29.5 Å². The van der Waals surface area contributed by atoms with Gasteiger partial charge in [-0.15, -0.1) is 0 Å². The molecular weight excluding hydrogens is 396 g/mol. The van der Waals surface area contributed by atoms with Gasteiger partial charge in [-0.25, -0.2) is 14.4 Å². The molecule has 1 aliphatic heterocycles. The minimum atomic E-state index is -0.733. The Hall–Kier alpha value is -3.32. The maximum atomic E-state index is 12.6. The molecule has 0 saturated heterocycles. The lowest BCUT2D eigenvalue weighted by molar-refractivity contribution is -0.139. The molecule has 8 heteroatoms. The van der Waals surface area contributed by atoms with E-state index in [9.17, 15) is 14.4 Å². The van der Waals surface area contributed by atoms with E-state index in [-0.39, 0.29) is 30.0 Å². The normalized spacial score (nSPS) is 15.9. The van der Waals surface area contributed by atoms with Crippen LogP contribution >= 0.6 is 11.6 Å². The summed E-state index contributed by atoms with van der Waals surface area (Å²) in [6.07, 6.45) is 0. The van der Waals surface area contributed by atoms with Gasteiger partial charge in [-0.1, -0.05) is 48.0 Å². The van der Waals surface area contributed by atoms with Crippen LogP contribution in [0.25, 0.3) is 0 Å². The highest BCUT2D eigenvalue weighted by molar-refractivity contribution is 6.30. The molecule has 7 nitrogen and oxygen atoms in total. The molecule has 29 heavy (non-hydrogen) atoms. The number of esters is 2. The van der Waals surface area contributed by atoms with E-state index in [1.807, 2.05) is 6.07 Å². The summed E-state index contributed by atoms with van der Waals surface area (Å²) in [5, 5.41) is 5.66. The molecule has 1 heterocycles. The Labute approximate surface area is 172 Å². The highest BCUT2D eigenvalue weighted by Gasteiger charge is 2.34. The lowest BCUT2D eigenvalue weighted by atomic mass is 9.95. The number of rotatable bonds is 6. The lowest BCUT2D eigenvalue weighted by Gasteiger charge is -2.29. The summed E-state index contributed by atoms with van der Waals surface area (Å²) in [7, 11) is 0. The fourth-order valence-corrected chi connectivity index (χ4v) is 3.10. The van der Waals surface area contributed by atoms with Crippen LogP contribution in [0.5, 0.6) is 0 Å². The molecule has 3 rings (SSSR count). The third-order valence-corrected chi connectivity index (χ3v) is 4.42. The smallest absolute Gasteiger partial charge is 0.338 e. The highest BCUT2D eigenvalue weighted by Crippen LogP contribution is 2.28. The molecule has 0 spiro atoms. The highest BCUT2D eigenvalue weighted by atomic mass is 35.5. The van der Waals surface area contributed by atoms with Crippen molar-refractivity contribution in [2.75, 3.05) is 13.2 Å². The number of carbonyl (C=O) groups is 3. The van der Waals surface area contributed by atoms with Crippen LogP contribution in [-0.4, -0.2) is 31.2 Å². The average molecular weight is 415 g/mol. The number of halogens is 1. The van der Waals surface area contributed by atoms with Crippen LogP contribution in [0.15, 0.2) is 65.9 Å². The SMILES string of the molecule is CCOC(=O)C1=C(COC(=O)c2cccc(Cl)c2)NC(=O)N[C@H]1c1ccccc1. The van der Waals surface area contributed by atoms with Crippen LogP contribution in [-0.2, 0) is 14.3 Å². The first kappa shape index (κ1) is 20.4. The van der Waals surface area contributed by atoms with Crippen LogP contribution in [0.1, 0.15) is 28.9 Å². The van der Waals surface area contributed by atoms with Crippen LogP contribution in [0.4, 0.5) is 4.79 Å². The number of carbonyl (C=O) groups excluding carboxylic acids is 3. The zero-order chi connectivity index (χ0) is 20.8. The van der Waals surface area contributed by atoms with Gasteiger partial charge >= 0.3 is 18.0 Å². The van der Waals surface area contributed by atoms with Gasteiger partial charge in [-0.2, -0.15) is 0 Å². The standard InChI is InChI=1S/C21H19ClN2O5/c1-2-28-20(26)17-16(12-29-19(25)14-9-6-10-15(22)11-14)23-21(27)24-18(17)13-7-4-3-5-8-13/h3-11,18H,2,12H2,1H3,(H2,23,24,27)/t18-/m0/s1. The molecule has 0 unspecified atom stereocenters. The molecule has 0 saturated carbocycles. The second-order valence-corrected chi connectivity index (χ2v) is 6.58. The first-order valence-corrected chi connectivity index (χ1v) is 9.32. The number of nitrogens with one attached hydrogen (secondary N) is 2. The average Bonchev–Trinajstić information content (AvgIpc) is 2.72. The molecule has 2 aromatic carbocycles. The maximum absolute atomic E-state index is 12.6. The van der Waals surface area contributed by atoms with Crippen molar-refractivity contribution in [1.82, 2.24) is 10.6 Å². The van der Waals surface area contributed by atoms with Crippen LogP contribution in [0, 0.1) is 0 Å². The van der Waals surface area contributed by atoms with Crippen LogP contribution in [0.2, 0.25) is 5.02 Å². The van der Waals surface area contributed by atoms with Crippen molar-refractivity contribution in [2.24, 2.45) is 0 Å². The minimum absolute atomic E-state index is 0.160. The Balaban J connectivity index is 1.91. The van der Waals surface area contributed by atoms with Crippen LogP contribution in [0.3, 0.4) is 0 Å². The Morgan fingerprint density at radius 2 is 1.79 bits per heavy atom. The Kier molecular flexibility index (Phi) is 6.51. The van der Waals surface area contributed by atoms with Gasteiger partial charge in [0, 0.05) is 5.02 Å². The van der Waals surface area contributed by atoms with Crippen molar-refractivity contribution in [2.45, 2.75) is 13.0 Å². The van der Waals surface area contributed by atoms with E-state index < -0.39 is 24.0 Å². The molecule has 1 atom stereocenters. The number of hydrogen-bond donors (Lipinski definition) is 2. The van der Waals surface area contributed by atoms with E-state index in [1.54, 1.807) is 49.4 Å². The van der Waals surface area contributed by atoms with E-state index in [0.717, 1.165) is 0 Å². The van der Waals surface area contributed by atoms with Gasteiger partial charge in [0.1, 0.15) is 6.61 Å². The Bertz CT molecular complexity index is 959. The number of hydrogen-bond acceptors (Lipinski definition) is 5. The molecule has 2 aromatic rings. The molecule has 0 radical (unpaired) electrons. The topological polar surface area (TPSA) is 93.7 Å². The summed E-state index contributed by atoms with van der Waals surface area (Å²) in [6, 6.07) is 14.0. The van der Waals surface area contributed by atoms with Crippen molar-refractivity contribution in [3.05, 3.63) is 82.0 Å². The number of benzene rings is 2. The van der Waals surface area contributed by atoms with Crippen molar-refractivity contribution in [1.29, 1.82) is 0 Å². The monoisotopic (exact) mass is 414 g/mol. The molecule has 1 aliphatic rings. The fraction of sp³-hybridized carbons (Fsp3) is 0.190. The Morgan fingerprint density at radius 1 is 1.03 bits per heavy atom. The number of urea groups is 1. The maximum Gasteiger partial charge on any atom is 0.338 e. The first-order chi connectivity index (χ1) is 14.0. The second kappa shape index (κ2) is 9.25. The molecule has 2 amide bonds. The molecule has 2 N–H and O–H groups in total. The van der Waals surface area contributed by atoms with Crippen molar-refractivity contribution in [3.63, 3.8) is 0 Å². The summed E-state index contributed by atoms with van der Waals surface area (Å²) < 4.78 is 10.5. The summed E-state index contributed by atoms with van der Waals surface area (Å²) >= 11 is 5.90. The lowest BCUT2D eigenvalue weighted by Crippen LogP contribution is -2.47. The van der Waals surface area contributed by atoms with Gasteiger partial charge in [-0.05, 0) is 30.7 Å². The van der Waals surface area contributed by atoms with E-state index >= 15 is 0 Å². The Morgan fingerprint density at radius 3 is 2.48 bits per heavy atom. The molecule has 0 bridgehead atoms. The number of amides is 2.